The molecule has 1 aliphatic rings. The second kappa shape index (κ2) is 2.59. The minimum Gasteiger partial charge on any atom is -0.264 e. The van der Waals surface area contributed by atoms with Crippen molar-refractivity contribution in [3.8, 4) is 0 Å². The van der Waals surface area contributed by atoms with Gasteiger partial charge in [0.2, 0.25) is 6.04 Å². The molecule has 0 saturated heterocycles. The number of hydrogen-bond acceptors (Lipinski definition) is 2. The quantitative estimate of drug-likeness (QED) is 0.490. The molecular weight excluding hydrogens is 154 g/mol. The van der Waals surface area contributed by atoms with Crippen molar-refractivity contribution >= 4 is 0 Å². The first-order valence-electron chi connectivity index (χ1n) is 3.88. The van der Waals surface area contributed by atoms with Crippen LogP contribution in [0.15, 0.2) is 24.3 Å². The molecular formula is C9H8NO2. The lowest BCUT2D eigenvalue weighted by Crippen LogP contribution is -2.02. The summed E-state index contributed by atoms with van der Waals surface area (Å²) in [5, 5.41) is 10.3. The van der Waals surface area contributed by atoms with Gasteiger partial charge in [-0.2, -0.15) is 0 Å². The molecule has 1 aromatic carbocycles. The summed E-state index contributed by atoms with van der Waals surface area (Å²) >= 11 is 0. The molecule has 3 heteroatoms. The summed E-state index contributed by atoms with van der Waals surface area (Å²) in [6.45, 7) is 0. The second-order valence-electron chi connectivity index (χ2n) is 3.03. The molecule has 61 valence electrons. The smallest absolute Gasteiger partial charge is 0.221 e. The van der Waals surface area contributed by atoms with Crippen LogP contribution in [0.5, 0.6) is 0 Å². The van der Waals surface area contributed by atoms with Gasteiger partial charge in [-0.25, -0.2) is 0 Å². The maximum absolute atomic E-state index is 10.3. The molecule has 1 aromatic rings. The van der Waals surface area contributed by atoms with Gasteiger partial charge in [-0.3, -0.25) is 10.1 Å². The minimum absolute atomic E-state index is 0.148. The van der Waals surface area contributed by atoms with E-state index in [1.807, 2.05) is 12.1 Å². The topological polar surface area (TPSA) is 43.1 Å². The van der Waals surface area contributed by atoms with E-state index in [9.17, 15) is 10.1 Å². The van der Waals surface area contributed by atoms with Crippen LogP contribution < -0.4 is 0 Å². The van der Waals surface area contributed by atoms with E-state index in [0.29, 0.717) is 6.42 Å². The van der Waals surface area contributed by atoms with E-state index in [0.717, 1.165) is 5.56 Å². The Labute approximate surface area is 70.2 Å². The SMILES string of the molecule is O=[N+]([O-])C1CC1c1cc[c]cc1. The molecule has 2 rings (SSSR count). The summed E-state index contributed by atoms with van der Waals surface area (Å²) in [5.41, 5.74) is 1.07. The number of hydrogen-bond donors (Lipinski definition) is 0. The van der Waals surface area contributed by atoms with Crippen molar-refractivity contribution in [3.05, 3.63) is 46.0 Å². The monoisotopic (exact) mass is 162 g/mol. The van der Waals surface area contributed by atoms with Gasteiger partial charge in [0, 0.05) is 11.3 Å². The van der Waals surface area contributed by atoms with Gasteiger partial charge < -0.3 is 0 Å². The molecule has 1 saturated carbocycles. The summed E-state index contributed by atoms with van der Waals surface area (Å²) < 4.78 is 0. The van der Waals surface area contributed by atoms with Crippen molar-refractivity contribution in [2.75, 3.05) is 0 Å². The fraction of sp³-hybridized carbons (Fsp3) is 0.333. The number of nitro groups is 1. The molecule has 1 radical (unpaired) electrons. The third kappa shape index (κ3) is 1.18. The Kier molecular flexibility index (Phi) is 1.57. The second-order valence-corrected chi connectivity index (χ2v) is 3.03. The van der Waals surface area contributed by atoms with Gasteiger partial charge in [0.1, 0.15) is 0 Å². The highest BCUT2D eigenvalue weighted by Crippen LogP contribution is 2.42. The molecule has 2 atom stereocenters. The third-order valence-corrected chi connectivity index (χ3v) is 2.20. The molecule has 1 fully saturated rings. The molecule has 0 bridgehead atoms. The fourth-order valence-corrected chi connectivity index (χ4v) is 1.42. The lowest BCUT2D eigenvalue weighted by atomic mass is 10.1. The van der Waals surface area contributed by atoms with E-state index >= 15 is 0 Å². The maximum Gasteiger partial charge on any atom is 0.221 e. The lowest BCUT2D eigenvalue weighted by Gasteiger charge is -1.93. The van der Waals surface area contributed by atoms with Crippen LogP contribution >= 0.6 is 0 Å². The fourth-order valence-electron chi connectivity index (χ4n) is 1.42. The van der Waals surface area contributed by atoms with Crippen molar-refractivity contribution < 1.29 is 4.92 Å². The Hall–Kier alpha value is -1.38. The number of rotatable bonds is 2. The summed E-state index contributed by atoms with van der Waals surface area (Å²) in [5.74, 6) is 0.148. The summed E-state index contributed by atoms with van der Waals surface area (Å²) in [6.07, 6.45) is 0.691. The maximum atomic E-state index is 10.3. The zero-order valence-corrected chi connectivity index (χ0v) is 6.43. The molecule has 1 aliphatic carbocycles. The van der Waals surface area contributed by atoms with Gasteiger partial charge in [-0.05, 0) is 11.6 Å². The van der Waals surface area contributed by atoms with E-state index in [1.54, 1.807) is 12.1 Å². The van der Waals surface area contributed by atoms with Crippen molar-refractivity contribution in [2.24, 2.45) is 0 Å². The molecule has 0 aliphatic heterocycles. The summed E-state index contributed by atoms with van der Waals surface area (Å²) in [4.78, 5) is 10.1. The van der Waals surface area contributed by atoms with E-state index in [1.165, 1.54) is 0 Å². The Balaban J connectivity index is 2.11. The predicted octanol–water partition coefficient (Wildman–Crippen LogP) is 1.62. The van der Waals surface area contributed by atoms with Gasteiger partial charge in [-0.15, -0.1) is 0 Å². The molecule has 2 unspecified atom stereocenters. The van der Waals surface area contributed by atoms with E-state index in [2.05, 4.69) is 6.07 Å². The van der Waals surface area contributed by atoms with Crippen LogP contribution in [-0.2, 0) is 0 Å². The Morgan fingerprint density at radius 1 is 1.50 bits per heavy atom. The van der Waals surface area contributed by atoms with Crippen LogP contribution in [0, 0.1) is 16.2 Å². The summed E-state index contributed by atoms with van der Waals surface area (Å²) in [7, 11) is 0. The highest BCUT2D eigenvalue weighted by Gasteiger charge is 2.48. The summed E-state index contributed by atoms with van der Waals surface area (Å²) in [6, 6.07) is 9.94. The average Bonchev–Trinajstić information content (AvgIpc) is 2.84. The molecule has 0 amide bonds. The molecule has 0 spiro atoms. The minimum atomic E-state index is -0.340. The van der Waals surface area contributed by atoms with E-state index in [-0.39, 0.29) is 16.9 Å². The van der Waals surface area contributed by atoms with Crippen LogP contribution in [0.3, 0.4) is 0 Å². The van der Waals surface area contributed by atoms with Crippen molar-refractivity contribution in [2.45, 2.75) is 18.4 Å². The molecule has 12 heavy (non-hydrogen) atoms. The van der Waals surface area contributed by atoms with Gasteiger partial charge in [-0.1, -0.05) is 24.3 Å². The average molecular weight is 162 g/mol. The predicted molar refractivity (Wildman–Crippen MR) is 43.4 cm³/mol. The van der Waals surface area contributed by atoms with E-state index < -0.39 is 0 Å². The molecule has 3 nitrogen and oxygen atoms in total. The standard InChI is InChI=1S/C9H8NO2/c11-10(12)9-6-8(9)7-4-2-1-3-5-7/h2-5,8-9H,6H2. The van der Waals surface area contributed by atoms with Crippen LogP contribution in [-0.4, -0.2) is 11.0 Å². The van der Waals surface area contributed by atoms with Gasteiger partial charge in [0.25, 0.3) is 0 Å². The van der Waals surface area contributed by atoms with Crippen LogP contribution in [0.2, 0.25) is 0 Å². The van der Waals surface area contributed by atoms with E-state index in [4.69, 9.17) is 0 Å². The first-order valence-corrected chi connectivity index (χ1v) is 3.88. The largest absolute Gasteiger partial charge is 0.264 e. The van der Waals surface area contributed by atoms with Crippen molar-refractivity contribution in [3.63, 3.8) is 0 Å². The van der Waals surface area contributed by atoms with Gasteiger partial charge in [0.15, 0.2) is 0 Å². The number of benzene rings is 1. The Morgan fingerprint density at radius 2 is 2.17 bits per heavy atom. The molecule has 0 heterocycles. The van der Waals surface area contributed by atoms with Crippen LogP contribution in [0.4, 0.5) is 0 Å². The highest BCUT2D eigenvalue weighted by atomic mass is 16.6. The zero-order valence-electron chi connectivity index (χ0n) is 6.43. The van der Waals surface area contributed by atoms with Gasteiger partial charge >= 0.3 is 0 Å². The van der Waals surface area contributed by atoms with Gasteiger partial charge in [0.05, 0.1) is 5.92 Å². The van der Waals surface area contributed by atoms with Crippen LogP contribution in [0.25, 0.3) is 0 Å². The first kappa shape index (κ1) is 7.28. The zero-order chi connectivity index (χ0) is 8.55. The Bertz CT molecular complexity index is 297. The third-order valence-electron chi connectivity index (χ3n) is 2.20. The van der Waals surface area contributed by atoms with Crippen LogP contribution in [0.1, 0.15) is 17.9 Å². The lowest BCUT2D eigenvalue weighted by molar-refractivity contribution is -0.496. The molecule has 0 N–H and O–H groups in total. The van der Waals surface area contributed by atoms with Crippen molar-refractivity contribution in [1.29, 1.82) is 0 Å². The first-order chi connectivity index (χ1) is 5.79. The highest BCUT2D eigenvalue weighted by molar-refractivity contribution is 5.25. The van der Waals surface area contributed by atoms with Crippen molar-refractivity contribution in [1.82, 2.24) is 0 Å². The Morgan fingerprint density at radius 3 is 2.67 bits per heavy atom. The normalized spacial score (nSPS) is 26.7. The number of nitrogens with zero attached hydrogens (tertiary/aromatic N) is 1. The molecule has 0 aromatic heterocycles.